The average Bonchev–Trinajstić information content (AvgIpc) is 2.54. The Morgan fingerprint density at radius 3 is 2.25 bits per heavy atom. The zero-order valence-corrected chi connectivity index (χ0v) is 14.0. The maximum atomic E-state index is 13.6. The Hall–Kier alpha value is -1.92. The molecule has 1 unspecified atom stereocenters. The monoisotopic (exact) mass is 395 g/mol. The lowest BCUT2D eigenvalue weighted by Gasteiger charge is -2.31. The lowest BCUT2D eigenvalue weighted by molar-refractivity contribution is -0.266. The van der Waals surface area contributed by atoms with Crippen LogP contribution in [0.15, 0.2) is 65.1 Å². The van der Waals surface area contributed by atoms with E-state index in [0.29, 0.717) is 9.99 Å². The molecule has 6 heteroatoms. The molecule has 0 aliphatic rings. The van der Waals surface area contributed by atoms with E-state index in [4.69, 9.17) is 0 Å². The van der Waals surface area contributed by atoms with E-state index in [1.807, 2.05) is 12.1 Å². The van der Waals surface area contributed by atoms with Crippen LogP contribution in [0.25, 0.3) is 10.9 Å². The number of pyridine rings is 1. The van der Waals surface area contributed by atoms with E-state index >= 15 is 0 Å². The Balaban J connectivity index is 2.04. The molecular weight excluding hydrogens is 383 g/mol. The second-order valence-corrected chi connectivity index (χ2v) is 6.45. The summed E-state index contributed by atoms with van der Waals surface area (Å²) in [5, 5.41) is 11.3. The highest BCUT2D eigenvalue weighted by molar-refractivity contribution is 9.10. The lowest BCUT2D eigenvalue weighted by Crippen LogP contribution is -2.44. The van der Waals surface area contributed by atoms with Gasteiger partial charge in [0.25, 0.3) is 0 Å². The zero-order valence-electron chi connectivity index (χ0n) is 12.4. The Bertz CT molecular complexity index is 864. The maximum Gasteiger partial charge on any atom is 0.421 e. The van der Waals surface area contributed by atoms with E-state index in [-0.39, 0.29) is 11.3 Å². The number of para-hydroxylation sites is 1. The Labute approximate surface area is 145 Å². The first-order chi connectivity index (χ1) is 11.3. The topological polar surface area (TPSA) is 33.1 Å². The number of hydrogen-bond acceptors (Lipinski definition) is 2. The van der Waals surface area contributed by atoms with E-state index in [2.05, 4.69) is 20.9 Å². The van der Waals surface area contributed by atoms with Crippen LogP contribution in [0.1, 0.15) is 11.3 Å². The lowest BCUT2D eigenvalue weighted by atomic mass is 9.88. The van der Waals surface area contributed by atoms with Crippen LogP contribution < -0.4 is 0 Å². The van der Waals surface area contributed by atoms with Gasteiger partial charge in [-0.15, -0.1) is 0 Å². The molecule has 0 aliphatic heterocycles. The third-order valence-electron chi connectivity index (χ3n) is 3.88. The van der Waals surface area contributed by atoms with Crippen molar-refractivity contribution in [1.82, 2.24) is 4.98 Å². The highest BCUT2D eigenvalue weighted by Crippen LogP contribution is 2.41. The molecule has 2 aromatic carbocycles. The molecule has 124 valence electrons. The summed E-state index contributed by atoms with van der Waals surface area (Å²) in [6.07, 6.45) is -5.48. The molecule has 24 heavy (non-hydrogen) atoms. The Kier molecular flexibility index (Phi) is 4.36. The van der Waals surface area contributed by atoms with Gasteiger partial charge in [0.15, 0.2) is 5.60 Å². The van der Waals surface area contributed by atoms with Gasteiger partial charge >= 0.3 is 6.18 Å². The standard InChI is InChI=1S/C18H13BrF3NO/c19-14-8-6-13(7-9-14)17(24,18(20,21)22)11-15-10-5-12-3-1-2-4-16(12)23-15/h1-10,24H,11H2. The highest BCUT2D eigenvalue weighted by atomic mass is 79.9. The first kappa shape index (κ1) is 16.9. The minimum absolute atomic E-state index is 0.177. The largest absolute Gasteiger partial charge is 0.421 e. The van der Waals surface area contributed by atoms with Crippen molar-refractivity contribution in [3.8, 4) is 0 Å². The maximum absolute atomic E-state index is 13.6. The summed E-state index contributed by atoms with van der Waals surface area (Å²) < 4.78 is 41.4. The predicted molar refractivity (Wildman–Crippen MR) is 89.5 cm³/mol. The van der Waals surface area contributed by atoms with Crippen LogP contribution in [0.3, 0.4) is 0 Å². The van der Waals surface area contributed by atoms with Crippen molar-refractivity contribution in [2.75, 3.05) is 0 Å². The van der Waals surface area contributed by atoms with E-state index < -0.39 is 18.2 Å². The molecule has 3 rings (SSSR count). The van der Waals surface area contributed by atoms with Crippen LogP contribution in [-0.2, 0) is 12.0 Å². The van der Waals surface area contributed by atoms with Gasteiger partial charge < -0.3 is 5.11 Å². The number of hydrogen-bond donors (Lipinski definition) is 1. The molecule has 1 N–H and O–H groups in total. The van der Waals surface area contributed by atoms with Crippen molar-refractivity contribution in [1.29, 1.82) is 0 Å². The fourth-order valence-corrected chi connectivity index (χ4v) is 2.82. The van der Waals surface area contributed by atoms with Gasteiger partial charge in [0.1, 0.15) is 0 Å². The summed E-state index contributed by atoms with van der Waals surface area (Å²) in [5.41, 5.74) is -2.44. The summed E-state index contributed by atoms with van der Waals surface area (Å²) >= 11 is 3.18. The van der Waals surface area contributed by atoms with Gasteiger partial charge in [0.05, 0.1) is 5.52 Å². The smallest absolute Gasteiger partial charge is 0.376 e. The van der Waals surface area contributed by atoms with Gasteiger partial charge in [-0.2, -0.15) is 13.2 Å². The number of aromatic nitrogens is 1. The van der Waals surface area contributed by atoms with Gasteiger partial charge in [-0.1, -0.05) is 52.3 Å². The third kappa shape index (κ3) is 3.16. The second-order valence-electron chi connectivity index (χ2n) is 5.54. The first-order valence-electron chi connectivity index (χ1n) is 7.19. The highest BCUT2D eigenvalue weighted by Gasteiger charge is 2.55. The van der Waals surface area contributed by atoms with E-state index in [9.17, 15) is 18.3 Å². The molecule has 1 atom stereocenters. The molecule has 0 fully saturated rings. The number of fused-ring (bicyclic) bond motifs is 1. The van der Waals surface area contributed by atoms with Gasteiger partial charge in [-0.05, 0) is 29.8 Å². The summed E-state index contributed by atoms with van der Waals surface area (Å²) in [6.45, 7) is 0. The number of halogens is 4. The van der Waals surface area contributed by atoms with E-state index in [1.165, 1.54) is 30.3 Å². The average molecular weight is 396 g/mol. The minimum atomic E-state index is -4.83. The zero-order chi connectivity index (χ0) is 17.4. The van der Waals surface area contributed by atoms with Crippen molar-refractivity contribution in [2.45, 2.75) is 18.2 Å². The quantitative estimate of drug-likeness (QED) is 0.677. The minimum Gasteiger partial charge on any atom is -0.376 e. The fraction of sp³-hybridized carbons (Fsp3) is 0.167. The molecule has 0 aliphatic carbocycles. The molecule has 0 saturated carbocycles. The molecule has 0 amide bonds. The van der Waals surface area contributed by atoms with Gasteiger partial charge in [-0.25, -0.2) is 0 Å². The van der Waals surface area contributed by atoms with Gasteiger partial charge in [-0.3, -0.25) is 4.98 Å². The SMILES string of the molecule is OC(Cc1ccc2ccccc2n1)(c1ccc(Br)cc1)C(F)(F)F. The molecule has 0 spiro atoms. The summed E-state index contributed by atoms with van der Waals surface area (Å²) in [6, 6.07) is 15.8. The molecule has 0 bridgehead atoms. The Morgan fingerprint density at radius 1 is 0.917 bits per heavy atom. The molecule has 2 nitrogen and oxygen atoms in total. The second kappa shape index (κ2) is 6.18. The fourth-order valence-electron chi connectivity index (χ4n) is 2.56. The van der Waals surface area contributed by atoms with E-state index in [1.54, 1.807) is 18.2 Å². The van der Waals surface area contributed by atoms with Crippen LogP contribution in [0, 0.1) is 0 Å². The van der Waals surface area contributed by atoms with Crippen LogP contribution in [0.4, 0.5) is 13.2 Å². The summed E-state index contributed by atoms with van der Waals surface area (Å²) in [7, 11) is 0. The summed E-state index contributed by atoms with van der Waals surface area (Å²) in [4.78, 5) is 4.25. The Morgan fingerprint density at radius 2 is 1.58 bits per heavy atom. The van der Waals surface area contributed by atoms with Crippen LogP contribution in [-0.4, -0.2) is 16.3 Å². The molecular formula is C18H13BrF3NO. The van der Waals surface area contributed by atoms with Gasteiger partial charge in [0.2, 0.25) is 0 Å². The van der Waals surface area contributed by atoms with Crippen molar-refractivity contribution >= 4 is 26.8 Å². The van der Waals surface area contributed by atoms with E-state index in [0.717, 1.165) is 5.39 Å². The van der Waals surface area contributed by atoms with Crippen molar-refractivity contribution in [3.63, 3.8) is 0 Å². The first-order valence-corrected chi connectivity index (χ1v) is 7.99. The van der Waals surface area contributed by atoms with Crippen LogP contribution >= 0.6 is 15.9 Å². The number of rotatable bonds is 3. The van der Waals surface area contributed by atoms with Crippen LogP contribution in [0.2, 0.25) is 0 Å². The molecule has 1 heterocycles. The van der Waals surface area contributed by atoms with Crippen molar-refractivity contribution in [3.05, 3.63) is 76.4 Å². The summed E-state index contributed by atoms with van der Waals surface area (Å²) in [5.74, 6) is 0. The van der Waals surface area contributed by atoms with Crippen molar-refractivity contribution < 1.29 is 18.3 Å². The molecule has 1 aromatic heterocycles. The number of alkyl halides is 3. The normalized spacial score (nSPS) is 14.5. The number of nitrogens with zero attached hydrogens (tertiary/aromatic N) is 1. The molecule has 3 aromatic rings. The third-order valence-corrected chi connectivity index (χ3v) is 4.41. The number of aliphatic hydroxyl groups is 1. The molecule has 0 saturated heterocycles. The molecule has 0 radical (unpaired) electrons. The van der Waals surface area contributed by atoms with Crippen LogP contribution in [0.5, 0.6) is 0 Å². The van der Waals surface area contributed by atoms with Gasteiger partial charge in [0, 0.05) is 22.0 Å². The predicted octanol–water partition coefficient (Wildman–Crippen LogP) is 4.99. The number of benzene rings is 2. The van der Waals surface area contributed by atoms with Crippen molar-refractivity contribution in [2.24, 2.45) is 0 Å².